The molecule has 1 aromatic rings. The Balaban J connectivity index is 2.82. The highest BCUT2D eigenvalue weighted by atomic mass is 79.9. The molecule has 0 bridgehead atoms. The molecule has 0 aromatic heterocycles. The lowest BCUT2D eigenvalue weighted by Gasteiger charge is -2.26. The van der Waals surface area contributed by atoms with Crippen molar-refractivity contribution < 1.29 is 29.4 Å². The summed E-state index contributed by atoms with van der Waals surface area (Å²) in [7, 11) is 1.14. The summed E-state index contributed by atoms with van der Waals surface area (Å²) in [6.45, 7) is -0.438. The zero-order valence-electron chi connectivity index (χ0n) is 14.9. The van der Waals surface area contributed by atoms with Crippen molar-refractivity contribution in [3.05, 3.63) is 35.9 Å². The number of carbonyl (C=O) groups is 4. The van der Waals surface area contributed by atoms with E-state index in [-0.39, 0.29) is 25.1 Å². The van der Waals surface area contributed by atoms with Gasteiger partial charge in [0.1, 0.15) is 18.6 Å². The average molecular weight is 476 g/mol. The van der Waals surface area contributed by atoms with Crippen LogP contribution in [-0.4, -0.2) is 63.2 Å². The molecule has 1 rings (SSSR count). The second-order valence-corrected chi connectivity index (χ2v) is 7.88. The molecule has 0 spiro atoms. The summed E-state index contributed by atoms with van der Waals surface area (Å²) in [6, 6.07) is 6.74. The van der Waals surface area contributed by atoms with E-state index in [9.17, 15) is 19.2 Å². The number of benzene rings is 1. The van der Waals surface area contributed by atoms with Crippen LogP contribution in [0.15, 0.2) is 30.3 Å². The number of halogens is 1. The van der Waals surface area contributed by atoms with Crippen LogP contribution < -0.4 is 11.1 Å². The third kappa shape index (κ3) is 8.72. The highest BCUT2D eigenvalue weighted by Crippen LogP contribution is 2.15. The third-order valence-electron chi connectivity index (χ3n) is 3.72. The number of hydrogen-bond donors (Lipinski definition) is 4. The van der Waals surface area contributed by atoms with Crippen molar-refractivity contribution in [3.8, 4) is 0 Å². The van der Waals surface area contributed by atoms with Gasteiger partial charge in [0.25, 0.3) is 0 Å². The van der Waals surface area contributed by atoms with Crippen molar-refractivity contribution in [3.63, 3.8) is 0 Å². The van der Waals surface area contributed by atoms with E-state index >= 15 is 0 Å². The smallest absolute Gasteiger partial charge is 0.323 e. The van der Waals surface area contributed by atoms with Crippen LogP contribution in [-0.2, 0) is 25.7 Å². The fourth-order valence-electron chi connectivity index (χ4n) is 2.31. The summed E-state index contributed by atoms with van der Waals surface area (Å²) >= 11 is 3.14. The Kier molecular flexibility index (Phi) is 10.6. The van der Waals surface area contributed by atoms with E-state index in [1.54, 1.807) is 30.3 Å². The number of aliphatic carboxylic acids is 2. The third-order valence-corrected chi connectivity index (χ3v) is 4.97. The van der Waals surface area contributed by atoms with E-state index in [0.717, 1.165) is 20.7 Å². The van der Waals surface area contributed by atoms with Gasteiger partial charge in [0.15, 0.2) is 0 Å². The zero-order valence-corrected chi connectivity index (χ0v) is 17.3. The molecule has 5 N–H and O–H groups in total. The molecular formula is C17H22BrN3O6S. The normalized spacial score (nSPS) is 12.6. The minimum absolute atomic E-state index is 0.0770. The Morgan fingerprint density at radius 2 is 1.82 bits per heavy atom. The highest BCUT2D eigenvalue weighted by molar-refractivity contribution is 9.50. The molecule has 1 aromatic carbocycles. The van der Waals surface area contributed by atoms with Gasteiger partial charge in [0.05, 0.1) is 0 Å². The Labute approximate surface area is 173 Å². The first-order chi connectivity index (χ1) is 13.2. The summed E-state index contributed by atoms with van der Waals surface area (Å²) in [4.78, 5) is 48.0. The van der Waals surface area contributed by atoms with Gasteiger partial charge in [-0.3, -0.25) is 19.2 Å². The maximum Gasteiger partial charge on any atom is 0.323 e. The van der Waals surface area contributed by atoms with Crippen LogP contribution in [0.5, 0.6) is 0 Å². The average Bonchev–Trinajstić information content (AvgIpc) is 2.65. The lowest BCUT2D eigenvalue weighted by Crippen LogP contribution is -2.51. The Morgan fingerprint density at radius 3 is 2.36 bits per heavy atom. The Bertz CT molecular complexity index is 691. The number of carboxylic acid groups (broad SMARTS) is 2. The summed E-state index contributed by atoms with van der Waals surface area (Å²) in [5.41, 5.74) is 6.12. The maximum atomic E-state index is 12.8. The molecule has 0 saturated carbocycles. The monoisotopic (exact) mass is 475 g/mol. The van der Waals surface area contributed by atoms with E-state index in [1.807, 2.05) is 0 Å². The molecule has 11 heteroatoms. The second-order valence-electron chi connectivity index (χ2n) is 5.95. The van der Waals surface area contributed by atoms with E-state index in [2.05, 4.69) is 20.1 Å². The fraction of sp³-hybridized carbons (Fsp3) is 0.412. The van der Waals surface area contributed by atoms with Gasteiger partial charge in [0, 0.05) is 18.7 Å². The van der Waals surface area contributed by atoms with Gasteiger partial charge < -0.3 is 26.2 Å². The molecule has 154 valence electrons. The number of nitrogens with one attached hydrogen (secondary N) is 1. The topological polar surface area (TPSA) is 150 Å². The van der Waals surface area contributed by atoms with Crippen molar-refractivity contribution in [1.29, 1.82) is 0 Å². The molecule has 2 amide bonds. The van der Waals surface area contributed by atoms with Gasteiger partial charge in [-0.05, 0) is 26.8 Å². The molecule has 0 aliphatic carbocycles. The Hall–Kier alpha value is -2.11. The molecule has 0 aliphatic heterocycles. The first-order valence-corrected chi connectivity index (χ1v) is 11.1. The number of nitrogens with zero attached hydrogens (tertiary/aromatic N) is 1. The lowest BCUT2D eigenvalue weighted by molar-refractivity contribution is -0.146. The van der Waals surface area contributed by atoms with Crippen LogP contribution in [0.1, 0.15) is 18.4 Å². The van der Waals surface area contributed by atoms with Crippen LogP contribution in [0.2, 0.25) is 0 Å². The molecule has 2 unspecified atom stereocenters. The number of amides is 2. The van der Waals surface area contributed by atoms with Crippen molar-refractivity contribution in [2.24, 2.45) is 5.73 Å². The van der Waals surface area contributed by atoms with Crippen LogP contribution in [0, 0.1) is 0 Å². The largest absolute Gasteiger partial charge is 0.480 e. The number of carbonyl (C=O) groups excluding carboxylic acids is 2. The number of hydrogen-bond acceptors (Lipinski definition) is 6. The molecule has 2 atom stereocenters. The molecule has 0 heterocycles. The van der Waals surface area contributed by atoms with Crippen molar-refractivity contribution >= 4 is 48.8 Å². The molecule has 0 aliphatic rings. The van der Waals surface area contributed by atoms with E-state index in [4.69, 9.17) is 15.9 Å². The Morgan fingerprint density at radius 1 is 1.18 bits per heavy atom. The molecule has 0 radical (unpaired) electrons. The predicted molar refractivity (Wildman–Crippen MR) is 108 cm³/mol. The minimum atomic E-state index is -1.22. The van der Waals surface area contributed by atoms with Crippen LogP contribution >= 0.6 is 25.0 Å². The fourth-order valence-corrected chi connectivity index (χ4v) is 3.46. The quantitative estimate of drug-likeness (QED) is 0.346. The molecule has 28 heavy (non-hydrogen) atoms. The van der Waals surface area contributed by atoms with Gasteiger partial charge in [-0.15, -0.1) is 0 Å². The van der Waals surface area contributed by atoms with Crippen molar-refractivity contribution in [2.75, 3.05) is 12.3 Å². The summed E-state index contributed by atoms with van der Waals surface area (Å²) in [5.74, 6) is -3.30. The first kappa shape index (κ1) is 23.9. The van der Waals surface area contributed by atoms with E-state index in [1.165, 1.54) is 0 Å². The second kappa shape index (κ2) is 12.4. The van der Waals surface area contributed by atoms with Crippen molar-refractivity contribution in [2.45, 2.75) is 31.5 Å². The van der Waals surface area contributed by atoms with Crippen LogP contribution in [0.3, 0.4) is 0 Å². The standard InChI is InChI=1S/C17H22BrN3O6S/c18-28-10-13(20-14(22)7-6-12(19)17(26)27)16(25)21(9-15(23)24)8-11-4-2-1-3-5-11/h1-5,12-13H,6-10,19H2,(H,20,22)(H,23,24)(H,26,27). The van der Waals surface area contributed by atoms with Crippen LogP contribution in [0.25, 0.3) is 0 Å². The van der Waals surface area contributed by atoms with E-state index < -0.39 is 42.4 Å². The molecule has 0 fully saturated rings. The van der Waals surface area contributed by atoms with Crippen LogP contribution in [0.4, 0.5) is 0 Å². The summed E-state index contributed by atoms with van der Waals surface area (Å²) in [5, 5.41) is 20.4. The molecular weight excluding hydrogens is 454 g/mol. The summed E-state index contributed by atoms with van der Waals surface area (Å²) in [6.07, 6.45) is -0.242. The number of nitrogens with two attached hydrogens (primary N) is 1. The van der Waals surface area contributed by atoms with Gasteiger partial charge in [0.2, 0.25) is 11.8 Å². The van der Waals surface area contributed by atoms with Gasteiger partial charge in [-0.2, -0.15) is 0 Å². The molecule has 9 nitrogen and oxygen atoms in total. The summed E-state index contributed by atoms with van der Waals surface area (Å²) < 4.78 is 0. The first-order valence-electron chi connectivity index (χ1n) is 8.30. The lowest BCUT2D eigenvalue weighted by atomic mass is 10.1. The van der Waals surface area contributed by atoms with Gasteiger partial charge >= 0.3 is 11.9 Å². The minimum Gasteiger partial charge on any atom is -0.480 e. The maximum absolute atomic E-state index is 12.8. The van der Waals surface area contributed by atoms with E-state index in [0.29, 0.717) is 0 Å². The van der Waals surface area contributed by atoms with Gasteiger partial charge in [-0.25, -0.2) is 0 Å². The zero-order chi connectivity index (χ0) is 21.1. The number of rotatable bonds is 12. The number of carboxylic acids is 2. The van der Waals surface area contributed by atoms with Crippen molar-refractivity contribution in [1.82, 2.24) is 10.2 Å². The molecule has 0 saturated heterocycles. The van der Waals surface area contributed by atoms with Gasteiger partial charge in [-0.1, -0.05) is 40.5 Å². The SMILES string of the molecule is NC(CCC(=O)NC(CSBr)C(=O)N(CC(=O)O)Cc1ccccc1)C(=O)O. The highest BCUT2D eigenvalue weighted by Gasteiger charge is 2.27. The predicted octanol–water partition coefficient (Wildman–Crippen LogP) is 0.820.